The van der Waals surface area contributed by atoms with E-state index in [1.54, 1.807) is 51.1 Å². The standard InChI is InChI=1S/C23H35FN3O8P/c1-16(2)34-23(30)18(4)26-36(31,35-19-10-8-7-9-11-19)33-14-20(32-6)12-17(3)27(15-28)13-21(24)22(29)25-5/h7-11,13,15-18,20H,12,14H2,1-6H3,(H,25,29)(H,26,31)/b21-13+. The smallest absolute Gasteiger partial charge is 0.459 e. The molecule has 1 aromatic carbocycles. The Morgan fingerprint density at radius 3 is 2.33 bits per heavy atom. The van der Waals surface area contributed by atoms with Crippen LogP contribution in [0.4, 0.5) is 4.39 Å². The molecule has 202 valence electrons. The van der Waals surface area contributed by atoms with Gasteiger partial charge in [0, 0.05) is 26.4 Å². The molecule has 0 spiro atoms. The number of amides is 2. The molecule has 0 aromatic heterocycles. The summed E-state index contributed by atoms with van der Waals surface area (Å²) in [6.45, 7) is 6.17. The van der Waals surface area contributed by atoms with Crippen molar-refractivity contribution in [2.24, 2.45) is 0 Å². The van der Waals surface area contributed by atoms with Crippen molar-refractivity contribution in [1.29, 1.82) is 0 Å². The molecular formula is C23H35FN3O8P. The van der Waals surface area contributed by atoms with Crippen LogP contribution in [0, 0.1) is 0 Å². The first kappa shape index (κ1) is 31.2. The molecular weight excluding hydrogens is 496 g/mol. The zero-order valence-electron chi connectivity index (χ0n) is 21.3. The Bertz CT molecular complexity index is 931. The Balaban J connectivity index is 2.97. The number of carbonyl (C=O) groups is 3. The third kappa shape index (κ3) is 10.9. The highest BCUT2D eigenvalue weighted by molar-refractivity contribution is 7.52. The van der Waals surface area contributed by atoms with Crippen LogP contribution in [-0.2, 0) is 32.9 Å². The fraction of sp³-hybridized carbons (Fsp3) is 0.522. The Morgan fingerprint density at radius 2 is 1.81 bits per heavy atom. The molecule has 0 bridgehead atoms. The van der Waals surface area contributed by atoms with E-state index >= 15 is 0 Å². The van der Waals surface area contributed by atoms with Crippen molar-refractivity contribution in [1.82, 2.24) is 15.3 Å². The van der Waals surface area contributed by atoms with E-state index in [0.717, 1.165) is 11.1 Å². The van der Waals surface area contributed by atoms with Gasteiger partial charge < -0.3 is 24.2 Å². The third-order valence-electron chi connectivity index (χ3n) is 4.73. The van der Waals surface area contributed by atoms with Crippen LogP contribution < -0.4 is 14.9 Å². The van der Waals surface area contributed by atoms with Gasteiger partial charge in [-0.25, -0.2) is 4.57 Å². The lowest BCUT2D eigenvalue weighted by molar-refractivity contribution is -0.149. The maximum absolute atomic E-state index is 13.9. The second-order valence-corrected chi connectivity index (χ2v) is 9.78. The number of methoxy groups -OCH3 is 1. The summed E-state index contributed by atoms with van der Waals surface area (Å²) < 4.78 is 49.1. The lowest BCUT2D eigenvalue weighted by Crippen LogP contribution is -2.37. The summed E-state index contributed by atoms with van der Waals surface area (Å²) in [6.07, 6.45) is 0.180. The number of nitrogens with zero attached hydrogens (tertiary/aromatic N) is 1. The van der Waals surface area contributed by atoms with Crippen LogP contribution in [0.5, 0.6) is 5.75 Å². The summed E-state index contributed by atoms with van der Waals surface area (Å²) in [5.74, 6) is -2.53. The maximum Gasteiger partial charge on any atom is 0.459 e. The third-order valence-corrected chi connectivity index (χ3v) is 6.37. The van der Waals surface area contributed by atoms with Gasteiger partial charge in [-0.1, -0.05) is 18.2 Å². The van der Waals surface area contributed by atoms with Gasteiger partial charge in [0.05, 0.1) is 18.8 Å². The predicted molar refractivity (Wildman–Crippen MR) is 130 cm³/mol. The van der Waals surface area contributed by atoms with Crippen molar-refractivity contribution in [3.63, 3.8) is 0 Å². The highest BCUT2D eigenvalue weighted by atomic mass is 31.2. The molecule has 4 unspecified atom stereocenters. The van der Waals surface area contributed by atoms with Crippen LogP contribution >= 0.6 is 7.75 Å². The fourth-order valence-corrected chi connectivity index (χ4v) is 4.34. The molecule has 1 rings (SSSR count). The van der Waals surface area contributed by atoms with Crippen molar-refractivity contribution in [3.8, 4) is 5.75 Å². The summed E-state index contributed by atoms with van der Waals surface area (Å²) in [5.41, 5.74) is 0. The van der Waals surface area contributed by atoms with Gasteiger partial charge in [0.15, 0.2) is 0 Å². The molecule has 0 saturated heterocycles. The zero-order valence-corrected chi connectivity index (χ0v) is 22.2. The first-order chi connectivity index (χ1) is 16.9. The fourth-order valence-electron chi connectivity index (χ4n) is 2.82. The number of para-hydroxylation sites is 1. The minimum atomic E-state index is -4.11. The number of ether oxygens (including phenoxy) is 2. The second-order valence-electron chi connectivity index (χ2n) is 8.09. The van der Waals surface area contributed by atoms with Gasteiger partial charge in [-0.05, 0) is 46.2 Å². The number of hydrogen-bond acceptors (Lipinski definition) is 8. The lowest BCUT2D eigenvalue weighted by Gasteiger charge is -2.28. The summed E-state index contributed by atoms with van der Waals surface area (Å²) in [7, 11) is -1.47. The zero-order chi connectivity index (χ0) is 27.3. The second kappa shape index (κ2) is 15.4. The molecule has 0 aliphatic heterocycles. The maximum atomic E-state index is 13.9. The normalized spacial score (nSPS) is 15.8. The van der Waals surface area contributed by atoms with E-state index in [2.05, 4.69) is 10.4 Å². The number of halogens is 1. The minimum absolute atomic E-state index is 0.128. The molecule has 1 aromatic rings. The topological polar surface area (TPSA) is 132 Å². The molecule has 0 radical (unpaired) electrons. The van der Waals surface area contributed by atoms with E-state index in [4.69, 9.17) is 18.5 Å². The van der Waals surface area contributed by atoms with Crippen LogP contribution in [0.2, 0.25) is 0 Å². The highest BCUT2D eigenvalue weighted by Crippen LogP contribution is 2.45. The molecule has 0 heterocycles. The van der Waals surface area contributed by atoms with Gasteiger partial charge in [0.25, 0.3) is 5.91 Å². The lowest BCUT2D eigenvalue weighted by atomic mass is 10.1. The highest BCUT2D eigenvalue weighted by Gasteiger charge is 2.34. The molecule has 13 heteroatoms. The summed E-state index contributed by atoms with van der Waals surface area (Å²) in [5, 5.41) is 4.69. The van der Waals surface area contributed by atoms with Crippen molar-refractivity contribution in [3.05, 3.63) is 42.4 Å². The Morgan fingerprint density at radius 1 is 1.17 bits per heavy atom. The quantitative estimate of drug-likeness (QED) is 0.143. The molecule has 0 fully saturated rings. The van der Waals surface area contributed by atoms with E-state index in [-0.39, 0.29) is 24.9 Å². The van der Waals surface area contributed by atoms with Gasteiger partial charge in [0.2, 0.25) is 12.2 Å². The van der Waals surface area contributed by atoms with E-state index in [1.807, 2.05) is 0 Å². The van der Waals surface area contributed by atoms with Crippen LogP contribution in [0.3, 0.4) is 0 Å². The predicted octanol–water partition coefficient (Wildman–Crippen LogP) is 2.93. The molecule has 0 aliphatic rings. The summed E-state index contributed by atoms with van der Waals surface area (Å²) in [6, 6.07) is 6.60. The van der Waals surface area contributed by atoms with Gasteiger partial charge >= 0.3 is 13.7 Å². The van der Waals surface area contributed by atoms with Crippen LogP contribution in [0.1, 0.15) is 34.1 Å². The summed E-state index contributed by atoms with van der Waals surface area (Å²) in [4.78, 5) is 36.0. The molecule has 0 aliphatic carbocycles. The number of carbonyl (C=O) groups excluding carboxylic acids is 3. The molecule has 4 atom stereocenters. The molecule has 11 nitrogen and oxygen atoms in total. The number of benzene rings is 1. The summed E-state index contributed by atoms with van der Waals surface area (Å²) >= 11 is 0. The Hall–Kier alpha value is -2.79. The molecule has 36 heavy (non-hydrogen) atoms. The largest absolute Gasteiger partial charge is 0.462 e. The average molecular weight is 532 g/mol. The number of esters is 1. The van der Waals surface area contributed by atoms with Crippen molar-refractivity contribution in [2.75, 3.05) is 20.8 Å². The van der Waals surface area contributed by atoms with Crippen molar-refractivity contribution >= 4 is 26.0 Å². The molecule has 2 amide bonds. The molecule has 0 saturated carbocycles. The van der Waals surface area contributed by atoms with Crippen molar-refractivity contribution < 1.29 is 41.9 Å². The van der Waals surface area contributed by atoms with Crippen LogP contribution in [0.15, 0.2) is 42.4 Å². The van der Waals surface area contributed by atoms with Gasteiger partial charge in [-0.2, -0.15) is 9.48 Å². The van der Waals surface area contributed by atoms with Crippen LogP contribution in [0.25, 0.3) is 0 Å². The number of hydrogen-bond donors (Lipinski definition) is 2. The number of likely N-dealkylation sites (N-methyl/N-ethyl adjacent to an activating group) is 1. The first-order valence-corrected chi connectivity index (χ1v) is 12.8. The van der Waals surface area contributed by atoms with E-state index in [0.29, 0.717) is 6.41 Å². The van der Waals surface area contributed by atoms with Gasteiger partial charge in [-0.3, -0.25) is 18.9 Å². The SMILES string of the molecule is CNC(=O)/C(F)=C\N(C=O)C(C)CC(COP(=O)(NC(C)C(=O)OC(C)C)Oc1ccccc1)OC. The minimum Gasteiger partial charge on any atom is -0.462 e. The Kier molecular flexibility index (Phi) is 13.3. The van der Waals surface area contributed by atoms with Crippen molar-refractivity contribution in [2.45, 2.75) is 58.4 Å². The number of rotatable bonds is 16. The first-order valence-electron chi connectivity index (χ1n) is 11.3. The van der Waals surface area contributed by atoms with E-state index in [1.165, 1.54) is 21.1 Å². The monoisotopic (exact) mass is 531 g/mol. The van der Waals surface area contributed by atoms with E-state index < -0.39 is 43.6 Å². The molecule has 2 N–H and O–H groups in total. The Labute approximate surface area is 210 Å². The number of nitrogens with one attached hydrogen (secondary N) is 2. The van der Waals surface area contributed by atoms with Gasteiger partial charge in [-0.15, -0.1) is 0 Å². The average Bonchev–Trinajstić information content (AvgIpc) is 2.84. The van der Waals surface area contributed by atoms with Crippen LogP contribution in [-0.4, -0.2) is 68.2 Å². The van der Waals surface area contributed by atoms with Gasteiger partial charge in [0.1, 0.15) is 11.8 Å². The van der Waals surface area contributed by atoms with E-state index in [9.17, 15) is 23.3 Å².